The van der Waals surface area contributed by atoms with Crippen molar-refractivity contribution in [3.63, 3.8) is 0 Å². The predicted octanol–water partition coefficient (Wildman–Crippen LogP) is 3.83. The minimum absolute atomic E-state index is 0.731. The van der Waals surface area contributed by atoms with Crippen molar-refractivity contribution in [3.05, 3.63) is 47.5 Å². The second-order valence-corrected chi connectivity index (χ2v) is 4.38. The summed E-state index contributed by atoms with van der Waals surface area (Å²) in [6, 6.07) is 12.5. The normalized spacial score (nSPS) is 13.1. The molecule has 68 valence electrons. The standard InChI is InChI=1S/C12H9OP/c1-2-6-11-9(4-1)10-5-3-7-14-12(10)8-13-11/h1-7H,8H2. The van der Waals surface area contributed by atoms with Crippen molar-refractivity contribution >= 4 is 8.19 Å². The van der Waals surface area contributed by atoms with Gasteiger partial charge >= 0.3 is 0 Å². The number of para-hydroxylation sites is 1. The summed E-state index contributed by atoms with van der Waals surface area (Å²) >= 11 is 0. The molecule has 0 fully saturated rings. The van der Waals surface area contributed by atoms with Crippen LogP contribution in [0, 0.1) is 0 Å². The van der Waals surface area contributed by atoms with Gasteiger partial charge in [0.15, 0.2) is 0 Å². The zero-order valence-corrected chi connectivity index (χ0v) is 8.50. The van der Waals surface area contributed by atoms with Crippen molar-refractivity contribution < 1.29 is 4.74 Å². The first kappa shape index (κ1) is 8.02. The molecule has 0 saturated carbocycles. The maximum atomic E-state index is 5.67. The Morgan fingerprint density at radius 1 is 1.00 bits per heavy atom. The van der Waals surface area contributed by atoms with Crippen molar-refractivity contribution in [3.8, 4) is 16.9 Å². The lowest BCUT2D eigenvalue weighted by molar-refractivity contribution is 0.306. The molecule has 0 aliphatic carbocycles. The van der Waals surface area contributed by atoms with Crippen molar-refractivity contribution in [1.82, 2.24) is 0 Å². The van der Waals surface area contributed by atoms with Gasteiger partial charge in [0.05, 0.1) is 0 Å². The van der Waals surface area contributed by atoms with Gasteiger partial charge in [0.2, 0.25) is 0 Å². The Balaban J connectivity index is 2.29. The maximum Gasteiger partial charge on any atom is 0.127 e. The molecule has 2 aromatic rings. The van der Waals surface area contributed by atoms with Gasteiger partial charge in [0.1, 0.15) is 12.4 Å². The zero-order chi connectivity index (χ0) is 9.38. The summed E-state index contributed by atoms with van der Waals surface area (Å²) in [5, 5.41) is 1.37. The zero-order valence-electron chi connectivity index (χ0n) is 7.60. The lowest BCUT2D eigenvalue weighted by Crippen LogP contribution is -2.02. The SMILES string of the molecule is c1ccc2c(c1)OCc1pcccc1-2. The number of hydrogen-bond acceptors (Lipinski definition) is 1. The number of rotatable bonds is 0. The fraction of sp³-hybridized carbons (Fsp3) is 0.0833. The van der Waals surface area contributed by atoms with E-state index in [2.05, 4.69) is 30.1 Å². The number of fused-ring (bicyclic) bond motifs is 3. The predicted molar refractivity (Wildman–Crippen MR) is 58.7 cm³/mol. The van der Waals surface area contributed by atoms with Crippen LogP contribution < -0.4 is 4.74 Å². The summed E-state index contributed by atoms with van der Waals surface area (Å²) in [5.74, 6) is 3.16. The molecule has 0 unspecified atom stereocenters. The van der Waals surface area contributed by atoms with E-state index in [0.29, 0.717) is 0 Å². The van der Waals surface area contributed by atoms with Gasteiger partial charge in [-0.25, -0.2) is 0 Å². The maximum absolute atomic E-state index is 5.67. The average molecular weight is 200 g/mol. The monoisotopic (exact) mass is 200 g/mol. The van der Waals surface area contributed by atoms with Crippen LogP contribution >= 0.6 is 8.19 Å². The summed E-state index contributed by atoms with van der Waals surface area (Å²) in [6.45, 7) is 0.731. The third-order valence-electron chi connectivity index (χ3n) is 2.43. The van der Waals surface area contributed by atoms with Gasteiger partial charge in [0, 0.05) is 10.9 Å². The number of benzene rings is 1. The van der Waals surface area contributed by atoms with E-state index in [1.54, 1.807) is 0 Å². The Bertz CT molecular complexity index is 434. The molecule has 0 spiro atoms. The van der Waals surface area contributed by atoms with Gasteiger partial charge < -0.3 is 4.74 Å². The van der Waals surface area contributed by atoms with Crippen LogP contribution in [0.3, 0.4) is 0 Å². The Morgan fingerprint density at radius 3 is 2.86 bits per heavy atom. The van der Waals surface area contributed by atoms with E-state index in [9.17, 15) is 0 Å². The van der Waals surface area contributed by atoms with E-state index in [1.165, 1.54) is 24.6 Å². The smallest absolute Gasteiger partial charge is 0.127 e. The summed E-state index contributed by atoms with van der Waals surface area (Å²) in [4.78, 5) is 0. The number of hydrogen-bond donors (Lipinski definition) is 0. The molecule has 3 rings (SSSR count). The average Bonchev–Trinajstić information content (AvgIpc) is 2.29. The second-order valence-electron chi connectivity index (χ2n) is 3.28. The van der Waals surface area contributed by atoms with Crippen molar-refractivity contribution in [2.75, 3.05) is 0 Å². The molecule has 1 nitrogen and oxygen atoms in total. The fourth-order valence-corrected chi connectivity index (χ4v) is 2.58. The Morgan fingerprint density at radius 2 is 1.86 bits per heavy atom. The minimum atomic E-state index is 0.731. The van der Waals surface area contributed by atoms with E-state index >= 15 is 0 Å². The molecular formula is C12H9OP. The van der Waals surface area contributed by atoms with Gasteiger partial charge in [-0.15, -0.1) is 0 Å². The van der Waals surface area contributed by atoms with Crippen LogP contribution in [0.1, 0.15) is 5.30 Å². The summed E-state index contributed by atoms with van der Waals surface area (Å²) < 4.78 is 5.67. The first-order valence-corrected chi connectivity index (χ1v) is 5.57. The van der Waals surface area contributed by atoms with E-state index < -0.39 is 0 Å². The van der Waals surface area contributed by atoms with Crippen molar-refractivity contribution in [2.24, 2.45) is 0 Å². The summed E-state index contributed by atoms with van der Waals surface area (Å²) in [6.07, 6.45) is 0. The van der Waals surface area contributed by atoms with Crippen LogP contribution in [0.25, 0.3) is 11.1 Å². The molecule has 0 amide bonds. The van der Waals surface area contributed by atoms with Gasteiger partial charge in [0.25, 0.3) is 0 Å². The van der Waals surface area contributed by atoms with Gasteiger partial charge in [-0.05, 0) is 17.4 Å². The summed E-state index contributed by atoms with van der Waals surface area (Å²) in [7, 11) is 1.27. The quantitative estimate of drug-likeness (QED) is 0.628. The van der Waals surface area contributed by atoms with Crippen LogP contribution in [-0.2, 0) is 6.61 Å². The van der Waals surface area contributed by atoms with E-state index in [4.69, 9.17) is 4.74 Å². The largest absolute Gasteiger partial charge is 0.488 e. The highest BCUT2D eigenvalue weighted by Crippen LogP contribution is 2.39. The van der Waals surface area contributed by atoms with Crippen LogP contribution in [0.4, 0.5) is 0 Å². The van der Waals surface area contributed by atoms with Crippen molar-refractivity contribution in [1.29, 1.82) is 0 Å². The molecule has 2 heteroatoms. The second kappa shape index (κ2) is 3.11. The molecule has 1 aromatic carbocycles. The molecule has 0 atom stereocenters. The highest BCUT2D eigenvalue weighted by Gasteiger charge is 2.15. The van der Waals surface area contributed by atoms with E-state index in [-0.39, 0.29) is 0 Å². The van der Waals surface area contributed by atoms with Gasteiger partial charge in [-0.3, -0.25) is 0 Å². The van der Waals surface area contributed by atoms with Crippen molar-refractivity contribution in [2.45, 2.75) is 6.61 Å². The first-order valence-electron chi connectivity index (χ1n) is 4.61. The van der Waals surface area contributed by atoms with Gasteiger partial charge in [-0.2, -0.15) is 0 Å². The molecule has 1 aromatic heterocycles. The van der Waals surface area contributed by atoms with Crippen LogP contribution in [0.15, 0.2) is 42.2 Å². The molecule has 2 heterocycles. The third-order valence-corrected chi connectivity index (χ3v) is 3.43. The van der Waals surface area contributed by atoms with Crippen LogP contribution in [-0.4, -0.2) is 0 Å². The van der Waals surface area contributed by atoms with Gasteiger partial charge in [-0.1, -0.05) is 38.5 Å². The molecule has 14 heavy (non-hydrogen) atoms. The molecule has 0 bridgehead atoms. The third kappa shape index (κ3) is 1.13. The lowest BCUT2D eigenvalue weighted by atomic mass is 10.0. The lowest BCUT2D eigenvalue weighted by Gasteiger charge is -2.19. The Labute approximate surface area is 84.5 Å². The topological polar surface area (TPSA) is 9.23 Å². The molecular weight excluding hydrogens is 191 g/mol. The Hall–Kier alpha value is -1.33. The molecule has 0 saturated heterocycles. The molecule has 1 aliphatic heterocycles. The summed E-state index contributed by atoms with van der Waals surface area (Å²) in [5.41, 5.74) is 2.57. The Kier molecular flexibility index (Phi) is 1.78. The highest BCUT2D eigenvalue weighted by atomic mass is 31.0. The highest BCUT2D eigenvalue weighted by molar-refractivity contribution is 7.30. The molecule has 0 N–H and O–H groups in total. The minimum Gasteiger partial charge on any atom is -0.488 e. The number of ether oxygens (including phenoxy) is 1. The molecule has 0 radical (unpaired) electrons. The van der Waals surface area contributed by atoms with Crippen LogP contribution in [0.5, 0.6) is 5.75 Å². The first-order chi connectivity index (χ1) is 6.95. The molecule has 1 aliphatic rings. The van der Waals surface area contributed by atoms with E-state index in [1.807, 2.05) is 12.1 Å². The fourth-order valence-electron chi connectivity index (χ4n) is 1.76. The van der Waals surface area contributed by atoms with Crippen LogP contribution in [0.2, 0.25) is 0 Å². The van der Waals surface area contributed by atoms with E-state index in [0.717, 1.165) is 12.4 Å².